The van der Waals surface area contributed by atoms with Gasteiger partial charge >= 0.3 is 0 Å². The Hall–Kier alpha value is -2.46. The minimum absolute atomic E-state index is 0.0646. The Morgan fingerprint density at radius 2 is 0.812 bits per heavy atom. The average molecular weight is 511 g/mol. The van der Waals surface area contributed by atoms with E-state index >= 15 is 0 Å². The van der Waals surface area contributed by atoms with Gasteiger partial charge in [-0.1, -0.05) is 83.9 Å². The van der Waals surface area contributed by atoms with E-state index in [0.717, 1.165) is 11.1 Å². The maximum Gasteiger partial charge on any atom is 0.296 e. The van der Waals surface area contributed by atoms with Gasteiger partial charge < -0.3 is 0 Å². The zero-order chi connectivity index (χ0) is 23.5. The predicted molar refractivity (Wildman–Crippen MR) is 127 cm³/mol. The molecule has 0 aromatic heterocycles. The molecule has 0 amide bonds. The molecule has 3 aromatic carbocycles. The van der Waals surface area contributed by atoms with Crippen LogP contribution in [0.25, 0.3) is 24.3 Å². The van der Waals surface area contributed by atoms with E-state index in [9.17, 15) is 25.9 Å². The molecule has 0 aliphatic rings. The summed E-state index contributed by atoms with van der Waals surface area (Å²) in [5.41, 5.74) is 2.77. The Kier molecular flexibility index (Phi) is 7.24. The maximum absolute atomic E-state index is 11.4. The molecular weight excluding hydrogens is 495 g/mol. The first kappa shape index (κ1) is 24.2. The van der Waals surface area contributed by atoms with Crippen molar-refractivity contribution in [3.05, 3.63) is 93.0 Å². The van der Waals surface area contributed by atoms with Gasteiger partial charge in [-0.05, 0) is 46.5 Å². The Bertz CT molecular complexity index is 1320. The van der Waals surface area contributed by atoms with E-state index < -0.39 is 20.2 Å². The molecule has 6 nitrogen and oxygen atoms in total. The molecule has 0 atom stereocenters. The quantitative estimate of drug-likeness (QED) is 0.319. The van der Waals surface area contributed by atoms with Gasteiger partial charge in [-0.3, -0.25) is 9.11 Å². The van der Waals surface area contributed by atoms with Crippen LogP contribution in [0.2, 0.25) is 10.0 Å². The Balaban J connectivity index is 1.76. The normalized spacial score (nSPS) is 12.6. The van der Waals surface area contributed by atoms with Crippen LogP contribution in [0.3, 0.4) is 0 Å². The highest BCUT2D eigenvalue weighted by atomic mass is 35.5. The zero-order valence-electron chi connectivity index (χ0n) is 16.2. The van der Waals surface area contributed by atoms with Crippen LogP contribution in [0.1, 0.15) is 22.3 Å². The van der Waals surface area contributed by atoms with E-state index in [2.05, 4.69) is 0 Å². The number of rotatable bonds is 6. The van der Waals surface area contributed by atoms with Crippen molar-refractivity contribution >= 4 is 67.7 Å². The molecule has 0 saturated carbocycles. The highest BCUT2D eigenvalue weighted by Crippen LogP contribution is 2.25. The van der Waals surface area contributed by atoms with Gasteiger partial charge in [0, 0.05) is 0 Å². The lowest BCUT2D eigenvalue weighted by atomic mass is 10.1. The van der Waals surface area contributed by atoms with E-state index in [-0.39, 0.29) is 19.8 Å². The molecule has 32 heavy (non-hydrogen) atoms. The molecule has 0 spiro atoms. The Morgan fingerprint density at radius 1 is 0.531 bits per heavy atom. The van der Waals surface area contributed by atoms with Crippen molar-refractivity contribution in [2.45, 2.75) is 9.79 Å². The van der Waals surface area contributed by atoms with Crippen molar-refractivity contribution in [1.29, 1.82) is 0 Å². The van der Waals surface area contributed by atoms with Crippen molar-refractivity contribution < 1.29 is 25.9 Å². The third kappa shape index (κ3) is 6.29. The van der Waals surface area contributed by atoms with Gasteiger partial charge in [-0.15, -0.1) is 0 Å². The Labute approximate surface area is 195 Å². The number of hydrogen-bond donors (Lipinski definition) is 2. The fourth-order valence-corrected chi connectivity index (χ4v) is 4.76. The van der Waals surface area contributed by atoms with Crippen LogP contribution in [0, 0.1) is 0 Å². The van der Waals surface area contributed by atoms with E-state index in [4.69, 9.17) is 23.2 Å². The van der Waals surface area contributed by atoms with Crippen LogP contribution in [0.5, 0.6) is 0 Å². The van der Waals surface area contributed by atoms with Crippen molar-refractivity contribution in [3.8, 4) is 0 Å². The van der Waals surface area contributed by atoms with E-state index in [0.29, 0.717) is 11.1 Å². The van der Waals surface area contributed by atoms with Gasteiger partial charge in [0.05, 0.1) is 10.0 Å². The highest BCUT2D eigenvalue weighted by molar-refractivity contribution is 7.86. The largest absolute Gasteiger partial charge is 0.296 e. The summed E-state index contributed by atoms with van der Waals surface area (Å²) in [4.78, 5) is -0.720. The molecule has 3 rings (SSSR count). The summed E-state index contributed by atoms with van der Waals surface area (Å²) in [5.74, 6) is 0. The summed E-state index contributed by atoms with van der Waals surface area (Å²) in [6, 6.07) is 15.9. The summed E-state index contributed by atoms with van der Waals surface area (Å²) in [5, 5.41) is -0.129. The van der Waals surface area contributed by atoms with Crippen molar-refractivity contribution in [1.82, 2.24) is 0 Å². The van der Waals surface area contributed by atoms with Gasteiger partial charge in [0.2, 0.25) is 0 Å². The van der Waals surface area contributed by atoms with Crippen molar-refractivity contribution in [2.75, 3.05) is 0 Å². The van der Waals surface area contributed by atoms with Crippen LogP contribution in [0.4, 0.5) is 0 Å². The van der Waals surface area contributed by atoms with Crippen LogP contribution in [0.15, 0.2) is 70.5 Å². The third-order valence-electron chi connectivity index (χ3n) is 4.34. The number of halogens is 2. The highest BCUT2D eigenvalue weighted by Gasteiger charge is 2.15. The molecule has 0 aliphatic heterocycles. The molecule has 10 heteroatoms. The second kappa shape index (κ2) is 9.58. The van der Waals surface area contributed by atoms with E-state index in [1.165, 1.54) is 24.3 Å². The first-order valence-electron chi connectivity index (χ1n) is 8.94. The number of hydrogen-bond acceptors (Lipinski definition) is 4. The fraction of sp³-hybridized carbons (Fsp3) is 0. The van der Waals surface area contributed by atoms with Crippen LogP contribution in [-0.2, 0) is 20.2 Å². The van der Waals surface area contributed by atoms with Gasteiger partial charge in [0.15, 0.2) is 0 Å². The van der Waals surface area contributed by atoms with Crippen LogP contribution >= 0.6 is 23.2 Å². The molecule has 166 valence electrons. The first-order valence-corrected chi connectivity index (χ1v) is 12.6. The fourth-order valence-electron chi connectivity index (χ4n) is 2.75. The summed E-state index contributed by atoms with van der Waals surface area (Å²) in [6.45, 7) is 0. The molecular formula is C22H16Cl2O6S2. The minimum Gasteiger partial charge on any atom is -0.282 e. The lowest BCUT2D eigenvalue weighted by Crippen LogP contribution is -1.99. The average Bonchev–Trinajstić information content (AvgIpc) is 2.71. The van der Waals surface area contributed by atoms with Crippen LogP contribution in [-0.4, -0.2) is 25.9 Å². The van der Waals surface area contributed by atoms with Crippen LogP contribution < -0.4 is 0 Å². The summed E-state index contributed by atoms with van der Waals surface area (Å²) in [6.07, 6.45) is 6.89. The monoisotopic (exact) mass is 510 g/mol. The molecule has 0 unspecified atom stereocenters. The second-order valence-electron chi connectivity index (χ2n) is 6.66. The second-order valence-corrected chi connectivity index (χ2v) is 10.3. The van der Waals surface area contributed by atoms with Crippen molar-refractivity contribution in [3.63, 3.8) is 0 Å². The van der Waals surface area contributed by atoms with Gasteiger partial charge in [0.25, 0.3) is 20.2 Å². The van der Waals surface area contributed by atoms with E-state index in [1.54, 1.807) is 36.4 Å². The Morgan fingerprint density at radius 3 is 1.12 bits per heavy atom. The minimum atomic E-state index is -4.42. The van der Waals surface area contributed by atoms with Gasteiger partial charge in [-0.2, -0.15) is 16.8 Å². The molecule has 3 aromatic rings. The summed E-state index contributed by atoms with van der Waals surface area (Å²) in [7, 11) is -8.83. The molecule has 0 bridgehead atoms. The number of benzene rings is 3. The smallest absolute Gasteiger partial charge is 0.282 e. The van der Waals surface area contributed by atoms with Gasteiger partial charge in [-0.25, -0.2) is 0 Å². The third-order valence-corrected chi connectivity index (χ3v) is 7.01. The molecule has 0 fully saturated rings. The lowest BCUT2D eigenvalue weighted by Gasteiger charge is -2.03. The molecule has 0 heterocycles. The molecule has 0 aliphatic carbocycles. The lowest BCUT2D eigenvalue weighted by molar-refractivity contribution is 0.481. The SMILES string of the molecule is O=S(=O)(O)c1cc(C=Cc2ccc(C=Cc3ccc(Cl)c(S(=O)(=O)O)c3)cc2)ccc1Cl. The topological polar surface area (TPSA) is 109 Å². The maximum atomic E-state index is 11.4. The predicted octanol–water partition coefficient (Wildman–Crippen LogP) is 5.83. The first-order chi connectivity index (χ1) is 14.9. The molecule has 0 saturated heterocycles. The zero-order valence-corrected chi connectivity index (χ0v) is 19.3. The van der Waals surface area contributed by atoms with E-state index in [1.807, 2.05) is 24.3 Å². The standard InChI is InChI=1S/C22H16Cl2O6S2/c23-19-11-9-17(13-21(19)31(25,26)27)7-5-15-1-2-16(4-3-15)6-8-18-10-12-20(24)22(14-18)32(28,29)30/h1-14H,(H,25,26,27)(H,28,29,30). The summed E-state index contributed by atoms with van der Waals surface area (Å²) >= 11 is 11.6. The van der Waals surface area contributed by atoms with Gasteiger partial charge in [0.1, 0.15) is 9.79 Å². The van der Waals surface area contributed by atoms with Crippen molar-refractivity contribution in [2.24, 2.45) is 0 Å². The summed E-state index contributed by atoms with van der Waals surface area (Å²) < 4.78 is 63.9. The molecule has 0 radical (unpaired) electrons. The molecule has 2 N–H and O–H groups in total.